The van der Waals surface area contributed by atoms with Gasteiger partial charge in [-0.3, -0.25) is 4.79 Å². The topological polar surface area (TPSA) is 38.3 Å². The molecule has 0 radical (unpaired) electrons. The van der Waals surface area contributed by atoms with Crippen LogP contribution >= 0.6 is 23.2 Å². The number of carbonyl (C=O) groups is 1. The molecule has 3 aromatic rings. The Hall–Kier alpha value is -3.00. The summed E-state index contributed by atoms with van der Waals surface area (Å²) in [5, 5.41) is 3.54. The summed E-state index contributed by atoms with van der Waals surface area (Å²) < 4.78 is 20.7. The van der Waals surface area contributed by atoms with Crippen LogP contribution in [0, 0.1) is 18.2 Å². The summed E-state index contributed by atoms with van der Waals surface area (Å²) in [6, 6.07) is 18.2. The first-order valence-corrected chi connectivity index (χ1v) is 9.43. The quantitative estimate of drug-likeness (QED) is 0.515. The first-order valence-electron chi connectivity index (χ1n) is 8.67. The summed E-state index contributed by atoms with van der Waals surface area (Å²) in [6.07, 6.45) is 4.45. The Balaban J connectivity index is 1.94. The fourth-order valence-corrected chi connectivity index (χ4v) is 3.10. The molecule has 3 aromatic carbocycles. The second-order valence-corrected chi connectivity index (χ2v) is 6.95. The van der Waals surface area contributed by atoms with Gasteiger partial charge in [-0.05, 0) is 42.0 Å². The number of rotatable bonds is 6. The zero-order chi connectivity index (χ0) is 20.8. The molecule has 0 saturated carbocycles. The van der Waals surface area contributed by atoms with Crippen LogP contribution in [-0.4, -0.2) is 12.5 Å². The lowest BCUT2D eigenvalue weighted by Crippen LogP contribution is -2.23. The van der Waals surface area contributed by atoms with Gasteiger partial charge in [0.25, 0.3) is 5.91 Å². The number of hydrogen-bond acceptors (Lipinski definition) is 2. The molecule has 3 nitrogen and oxygen atoms in total. The third-order valence-electron chi connectivity index (χ3n) is 4.15. The average Bonchev–Trinajstić information content (AvgIpc) is 2.72. The zero-order valence-corrected chi connectivity index (χ0v) is 16.7. The molecule has 1 atom stereocenters. The lowest BCUT2D eigenvalue weighted by molar-refractivity contribution is 0.0958. The van der Waals surface area contributed by atoms with E-state index in [9.17, 15) is 9.18 Å². The number of terminal acetylenes is 1. The molecular formula is C23H16Cl2FNO2. The summed E-state index contributed by atoms with van der Waals surface area (Å²) in [5.41, 5.74) is 1.57. The van der Waals surface area contributed by atoms with E-state index >= 15 is 0 Å². The molecule has 0 fully saturated rings. The van der Waals surface area contributed by atoms with Gasteiger partial charge >= 0.3 is 0 Å². The van der Waals surface area contributed by atoms with Gasteiger partial charge < -0.3 is 10.1 Å². The number of halogens is 3. The van der Waals surface area contributed by atoms with E-state index in [-0.39, 0.29) is 17.9 Å². The van der Waals surface area contributed by atoms with E-state index in [1.807, 2.05) is 6.07 Å². The van der Waals surface area contributed by atoms with Gasteiger partial charge in [-0.25, -0.2) is 4.39 Å². The van der Waals surface area contributed by atoms with Gasteiger partial charge in [0.2, 0.25) is 0 Å². The number of carbonyl (C=O) groups excluding carboxylic acids is 1. The highest BCUT2D eigenvalue weighted by molar-refractivity contribution is 6.31. The van der Waals surface area contributed by atoms with Crippen molar-refractivity contribution < 1.29 is 13.9 Å². The van der Waals surface area contributed by atoms with Gasteiger partial charge in [0.15, 0.2) is 17.7 Å². The smallest absolute Gasteiger partial charge is 0.252 e. The van der Waals surface area contributed by atoms with Crippen molar-refractivity contribution in [2.45, 2.75) is 6.10 Å². The molecule has 0 aliphatic rings. The molecule has 0 aliphatic heterocycles. The van der Waals surface area contributed by atoms with Crippen molar-refractivity contribution >= 4 is 29.1 Å². The van der Waals surface area contributed by atoms with E-state index in [0.717, 1.165) is 11.6 Å². The van der Waals surface area contributed by atoms with E-state index < -0.39 is 17.8 Å². The highest BCUT2D eigenvalue weighted by Crippen LogP contribution is 2.34. The molecule has 1 N–H and O–H groups in total. The normalized spacial score (nSPS) is 11.4. The van der Waals surface area contributed by atoms with Crippen LogP contribution in [0.3, 0.4) is 0 Å². The minimum atomic E-state index is -0.677. The number of hydrogen-bond donors (Lipinski definition) is 1. The van der Waals surface area contributed by atoms with Gasteiger partial charge in [0.05, 0.1) is 6.54 Å². The Morgan fingerprint density at radius 3 is 2.48 bits per heavy atom. The molecule has 146 valence electrons. The van der Waals surface area contributed by atoms with Crippen LogP contribution in [-0.2, 0) is 0 Å². The summed E-state index contributed by atoms with van der Waals surface area (Å²) >= 11 is 12.3. The van der Waals surface area contributed by atoms with Crippen LogP contribution in [0.4, 0.5) is 4.39 Å². The van der Waals surface area contributed by atoms with E-state index in [1.165, 1.54) is 12.1 Å². The monoisotopic (exact) mass is 427 g/mol. The summed E-state index contributed by atoms with van der Waals surface area (Å²) in [5.74, 6) is 1.14. The van der Waals surface area contributed by atoms with Crippen LogP contribution in [0.2, 0.25) is 10.0 Å². The van der Waals surface area contributed by atoms with E-state index in [2.05, 4.69) is 11.2 Å². The van der Waals surface area contributed by atoms with Gasteiger partial charge in [0.1, 0.15) is 0 Å². The van der Waals surface area contributed by atoms with Crippen molar-refractivity contribution in [2.24, 2.45) is 0 Å². The third kappa shape index (κ3) is 5.08. The van der Waals surface area contributed by atoms with E-state index in [4.69, 9.17) is 34.4 Å². The summed E-state index contributed by atoms with van der Waals surface area (Å²) in [7, 11) is 0. The minimum absolute atomic E-state index is 0.0154. The highest BCUT2D eigenvalue weighted by Gasteiger charge is 2.21. The predicted octanol–water partition coefficient (Wildman–Crippen LogP) is 5.66. The summed E-state index contributed by atoms with van der Waals surface area (Å²) in [4.78, 5) is 12.0. The first-order chi connectivity index (χ1) is 14.0. The van der Waals surface area contributed by atoms with Crippen molar-refractivity contribution in [1.82, 2.24) is 5.32 Å². The van der Waals surface area contributed by atoms with Gasteiger partial charge in [-0.15, -0.1) is 6.42 Å². The van der Waals surface area contributed by atoms with Crippen molar-refractivity contribution in [3.8, 4) is 18.1 Å². The van der Waals surface area contributed by atoms with Crippen LogP contribution in [0.1, 0.15) is 27.6 Å². The van der Waals surface area contributed by atoms with Crippen LogP contribution < -0.4 is 10.1 Å². The van der Waals surface area contributed by atoms with Crippen molar-refractivity contribution in [1.29, 1.82) is 0 Å². The highest BCUT2D eigenvalue weighted by atomic mass is 35.5. The van der Waals surface area contributed by atoms with Gasteiger partial charge in [-0.2, -0.15) is 0 Å². The predicted molar refractivity (Wildman–Crippen MR) is 113 cm³/mol. The second kappa shape index (κ2) is 9.47. The van der Waals surface area contributed by atoms with Crippen LogP contribution in [0.25, 0.3) is 0 Å². The fraction of sp³-hybridized carbons (Fsp3) is 0.0870. The van der Waals surface area contributed by atoms with Crippen molar-refractivity contribution in [2.75, 3.05) is 6.54 Å². The number of benzene rings is 3. The molecule has 1 unspecified atom stereocenters. The molecule has 1 amide bonds. The van der Waals surface area contributed by atoms with Gasteiger partial charge in [-0.1, -0.05) is 59.5 Å². The molecular weight excluding hydrogens is 412 g/mol. The SMILES string of the molecule is C#CCNC(=O)c1ccc(OC(c2ccc(Cl)cc2)c2ccccc2Cl)c(F)c1. The maximum absolute atomic E-state index is 14.7. The number of ether oxygens (including phenoxy) is 1. The Labute approximate surface area is 178 Å². The Kier molecular flexibility index (Phi) is 6.77. The molecule has 6 heteroatoms. The third-order valence-corrected chi connectivity index (χ3v) is 4.75. The standard InChI is InChI=1S/C23H16Cl2FNO2/c1-2-13-27-23(28)16-9-12-21(20(26)14-16)29-22(15-7-10-17(24)11-8-15)18-5-3-4-6-19(18)25/h1,3-12,14,22H,13H2,(H,27,28). The maximum atomic E-state index is 14.7. The number of nitrogens with one attached hydrogen (secondary N) is 1. The van der Waals surface area contributed by atoms with Crippen LogP contribution in [0.5, 0.6) is 5.75 Å². The van der Waals surface area contributed by atoms with Gasteiger partial charge in [0, 0.05) is 21.2 Å². The average molecular weight is 428 g/mol. The summed E-state index contributed by atoms with van der Waals surface area (Å²) in [6.45, 7) is 0.0594. The Morgan fingerprint density at radius 2 is 1.83 bits per heavy atom. The second-order valence-electron chi connectivity index (χ2n) is 6.10. The number of amides is 1. The van der Waals surface area contributed by atoms with E-state index in [1.54, 1.807) is 42.5 Å². The Bertz CT molecular complexity index is 1060. The minimum Gasteiger partial charge on any atom is -0.478 e. The molecule has 3 rings (SSSR count). The molecule has 0 aliphatic carbocycles. The molecule has 0 aromatic heterocycles. The molecule has 0 spiro atoms. The largest absolute Gasteiger partial charge is 0.478 e. The lowest BCUT2D eigenvalue weighted by Gasteiger charge is -2.22. The van der Waals surface area contributed by atoms with Crippen molar-refractivity contribution in [3.05, 3.63) is 99.3 Å². The molecule has 29 heavy (non-hydrogen) atoms. The fourth-order valence-electron chi connectivity index (χ4n) is 2.73. The zero-order valence-electron chi connectivity index (χ0n) is 15.2. The lowest BCUT2D eigenvalue weighted by atomic mass is 10.0. The molecule has 0 heterocycles. The van der Waals surface area contributed by atoms with Crippen molar-refractivity contribution in [3.63, 3.8) is 0 Å². The Morgan fingerprint density at radius 1 is 1.10 bits per heavy atom. The van der Waals surface area contributed by atoms with E-state index in [0.29, 0.717) is 15.6 Å². The molecule has 0 bridgehead atoms. The molecule has 0 saturated heterocycles. The van der Waals surface area contributed by atoms with Crippen LogP contribution in [0.15, 0.2) is 66.7 Å². The maximum Gasteiger partial charge on any atom is 0.252 e. The first kappa shape index (κ1) is 20.7.